The van der Waals surface area contributed by atoms with Gasteiger partial charge in [-0.1, -0.05) is 29.8 Å². The summed E-state index contributed by atoms with van der Waals surface area (Å²) in [7, 11) is -3.52. The van der Waals surface area contributed by atoms with Crippen molar-refractivity contribution in [2.75, 3.05) is 13.1 Å². The van der Waals surface area contributed by atoms with Crippen molar-refractivity contribution >= 4 is 15.9 Å². The maximum Gasteiger partial charge on any atom is 0.243 e. The number of benzene rings is 2. The fourth-order valence-electron chi connectivity index (χ4n) is 3.66. The second-order valence-corrected chi connectivity index (χ2v) is 9.65. The number of carbonyl (C=O) groups is 1. The second-order valence-electron chi connectivity index (χ2n) is 7.72. The van der Waals surface area contributed by atoms with Crippen molar-refractivity contribution in [3.8, 4) is 5.69 Å². The second kappa shape index (κ2) is 8.99. The SMILES string of the molecule is Cc1ccc(S(=O)(=O)N2CCC(C(=O)NCc3ccc(-n4cncn4)cc3)CC2)cc1. The average Bonchev–Trinajstić information content (AvgIpc) is 3.33. The number of amides is 1. The molecule has 1 N–H and O–H groups in total. The summed E-state index contributed by atoms with van der Waals surface area (Å²) >= 11 is 0. The van der Waals surface area contributed by atoms with Crippen LogP contribution in [0.15, 0.2) is 66.1 Å². The Kier molecular flexibility index (Phi) is 6.15. The maximum atomic E-state index is 12.8. The summed E-state index contributed by atoms with van der Waals surface area (Å²) in [6.45, 7) is 3.05. The predicted molar refractivity (Wildman–Crippen MR) is 116 cm³/mol. The van der Waals surface area contributed by atoms with E-state index in [-0.39, 0.29) is 11.8 Å². The number of aryl methyl sites for hydroxylation is 1. The van der Waals surface area contributed by atoms with Crippen LogP contribution in [0.1, 0.15) is 24.0 Å². The summed E-state index contributed by atoms with van der Waals surface area (Å²) in [5.41, 5.74) is 2.90. The lowest BCUT2D eigenvalue weighted by atomic mass is 9.97. The van der Waals surface area contributed by atoms with Crippen LogP contribution < -0.4 is 5.32 Å². The van der Waals surface area contributed by atoms with Gasteiger partial charge in [0.25, 0.3) is 0 Å². The molecule has 0 saturated carbocycles. The molecule has 1 amide bonds. The molecular formula is C22H25N5O3S. The highest BCUT2D eigenvalue weighted by molar-refractivity contribution is 7.89. The van der Waals surface area contributed by atoms with Crippen molar-refractivity contribution in [2.45, 2.75) is 31.2 Å². The summed E-state index contributed by atoms with van der Waals surface area (Å²) in [6.07, 6.45) is 4.14. The number of nitrogens with zero attached hydrogens (tertiary/aromatic N) is 4. The van der Waals surface area contributed by atoms with Gasteiger partial charge >= 0.3 is 0 Å². The van der Waals surface area contributed by atoms with Crippen LogP contribution in [-0.2, 0) is 21.4 Å². The van der Waals surface area contributed by atoms with E-state index in [1.165, 1.54) is 10.6 Å². The van der Waals surface area contributed by atoms with Gasteiger partial charge in [0.15, 0.2) is 0 Å². The number of carbonyl (C=O) groups excluding carboxylic acids is 1. The molecule has 0 atom stereocenters. The van der Waals surface area contributed by atoms with Crippen LogP contribution in [0, 0.1) is 12.8 Å². The molecule has 2 heterocycles. The van der Waals surface area contributed by atoms with Crippen LogP contribution in [0.5, 0.6) is 0 Å². The Morgan fingerprint density at radius 2 is 1.74 bits per heavy atom. The number of nitrogens with one attached hydrogen (secondary N) is 1. The van der Waals surface area contributed by atoms with Crippen LogP contribution in [0.25, 0.3) is 5.69 Å². The highest BCUT2D eigenvalue weighted by atomic mass is 32.2. The molecule has 31 heavy (non-hydrogen) atoms. The van der Waals surface area contributed by atoms with E-state index in [4.69, 9.17) is 0 Å². The third-order valence-electron chi connectivity index (χ3n) is 5.57. The normalized spacial score (nSPS) is 15.6. The first-order chi connectivity index (χ1) is 14.9. The maximum absolute atomic E-state index is 12.8. The van der Waals surface area contributed by atoms with Gasteiger partial charge in [-0.2, -0.15) is 9.40 Å². The molecule has 1 aliphatic heterocycles. The first-order valence-electron chi connectivity index (χ1n) is 10.2. The Hall–Kier alpha value is -3.04. The van der Waals surface area contributed by atoms with Crippen molar-refractivity contribution in [2.24, 2.45) is 5.92 Å². The summed E-state index contributed by atoms with van der Waals surface area (Å²) in [5.74, 6) is -0.216. The molecule has 1 saturated heterocycles. The zero-order valence-corrected chi connectivity index (χ0v) is 18.1. The van der Waals surface area contributed by atoms with Crippen LogP contribution in [-0.4, -0.2) is 46.5 Å². The molecule has 9 heteroatoms. The molecule has 0 spiro atoms. The number of hydrogen-bond acceptors (Lipinski definition) is 5. The third kappa shape index (κ3) is 4.83. The summed E-state index contributed by atoms with van der Waals surface area (Å²) < 4.78 is 28.8. The number of rotatable bonds is 6. The van der Waals surface area contributed by atoms with Crippen LogP contribution >= 0.6 is 0 Å². The Morgan fingerprint density at radius 3 is 2.35 bits per heavy atom. The van der Waals surface area contributed by atoms with Gasteiger partial charge in [-0.05, 0) is 49.6 Å². The third-order valence-corrected chi connectivity index (χ3v) is 7.48. The Balaban J connectivity index is 1.29. The smallest absolute Gasteiger partial charge is 0.243 e. The molecule has 1 aromatic heterocycles. The van der Waals surface area contributed by atoms with Gasteiger partial charge in [0, 0.05) is 25.6 Å². The molecule has 1 fully saturated rings. The molecule has 4 rings (SSSR count). The number of hydrogen-bond donors (Lipinski definition) is 1. The van der Waals surface area contributed by atoms with Crippen molar-refractivity contribution < 1.29 is 13.2 Å². The monoisotopic (exact) mass is 439 g/mol. The van der Waals surface area contributed by atoms with Crippen molar-refractivity contribution in [1.29, 1.82) is 0 Å². The first kappa shape index (κ1) is 21.2. The van der Waals surface area contributed by atoms with Crippen LogP contribution in [0.3, 0.4) is 0 Å². The molecule has 0 bridgehead atoms. The quantitative estimate of drug-likeness (QED) is 0.636. The molecular weight excluding hydrogens is 414 g/mol. The molecule has 162 valence electrons. The molecule has 0 radical (unpaired) electrons. The Morgan fingerprint density at radius 1 is 1.06 bits per heavy atom. The van der Waals surface area contributed by atoms with E-state index in [9.17, 15) is 13.2 Å². The number of aromatic nitrogens is 3. The highest BCUT2D eigenvalue weighted by Gasteiger charge is 2.31. The van der Waals surface area contributed by atoms with Gasteiger partial charge in [0.1, 0.15) is 12.7 Å². The van der Waals surface area contributed by atoms with Gasteiger partial charge in [0.05, 0.1) is 10.6 Å². The van der Waals surface area contributed by atoms with Crippen molar-refractivity contribution in [3.05, 3.63) is 72.3 Å². The van der Waals surface area contributed by atoms with E-state index in [2.05, 4.69) is 15.4 Å². The van der Waals surface area contributed by atoms with E-state index in [0.717, 1.165) is 16.8 Å². The van der Waals surface area contributed by atoms with Crippen molar-refractivity contribution in [3.63, 3.8) is 0 Å². The van der Waals surface area contributed by atoms with E-state index < -0.39 is 10.0 Å². The molecule has 8 nitrogen and oxygen atoms in total. The zero-order chi connectivity index (χ0) is 21.8. The van der Waals surface area contributed by atoms with Gasteiger partial charge in [-0.25, -0.2) is 18.1 Å². The highest BCUT2D eigenvalue weighted by Crippen LogP contribution is 2.24. The Bertz CT molecular complexity index is 1120. The van der Waals surface area contributed by atoms with Crippen LogP contribution in [0.4, 0.5) is 0 Å². The van der Waals surface area contributed by atoms with E-state index in [1.807, 2.05) is 31.2 Å². The van der Waals surface area contributed by atoms with Crippen molar-refractivity contribution in [1.82, 2.24) is 24.4 Å². The van der Waals surface area contributed by atoms with Gasteiger partial charge < -0.3 is 5.32 Å². The standard InChI is InChI=1S/C22H25N5O3S/c1-17-2-8-21(9-3-17)31(29,30)26-12-10-19(11-13-26)22(28)24-14-18-4-6-20(7-5-18)27-16-23-15-25-27/h2-9,15-16,19H,10-14H2,1H3,(H,24,28). The summed E-state index contributed by atoms with van der Waals surface area (Å²) in [5, 5.41) is 7.06. The van der Waals surface area contributed by atoms with Gasteiger partial charge in [-0.3, -0.25) is 4.79 Å². The average molecular weight is 440 g/mol. The van der Waals surface area contributed by atoms with E-state index >= 15 is 0 Å². The summed E-state index contributed by atoms with van der Waals surface area (Å²) in [6, 6.07) is 14.6. The minimum absolute atomic E-state index is 0.0345. The first-order valence-corrected chi connectivity index (χ1v) is 11.7. The zero-order valence-electron chi connectivity index (χ0n) is 17.3. The molecule has 0 aliphatic carbocycles. The van der Waals surface area contributed by atoms with E-state index in [0.29, 0.717) is 37.4 Å². The van der Waals surface area contributed by atoms with Crippen LogP contribution in [0.2, 0.25) is 0 Å². The molecule has 3 aromatic rings. The summed E-state index contributed by atoms with van der Waals surface area (Å²) in [4.78, 5) is 16.8. The van der Waals surface area contributed by atoms with Gasteiger partial charge in [0.2, 0.25) is 15.9 Å². The fraction of sp³-hybridized carbons (Fsp3) is 0.318. The predicted octanol–water partition coefficient (Wildman–Crippen LogP) is 2.29. The lowest BCUT2D eigenvalue weighted by molar-refractivity contribution is -0.126. The number of sulfonamides is 1. The fourth-order valence-corrected chi connectivity index (χ4v) is 5.13. The lowest BCUT2D eigenvalue weighted by Crippen LogP contribution is -2.42. The Labute approximate surface area is 182 Å². The number of piperidine rings is 1. The molecule has 2 aromatic carbocycles. The minimum atomic E-state index is -3.52. The molecule has 0 unspecified atom stereocenters. The van der Waals surface area contributed by atoms with Gasteiger partial charge in [-0.15, -0.1) is 0 Å². The lowest BCUT2D eigenvalue weighted by Gasteiger charge is -2.30. The largest absolute Gasteiger partial charge is 0.352 e. The molecule has 1 aliphatic rings. The van der Waals surface area contributed by atoms with E-state index in [1.54, 1.807) is 35.3 Å². The minimum Gasteiger partial charge on any atom is -0.352 e. The topological polar surface area (TPSA) is 97.2 Å².